The van der Waals surface area contributed by atoms with Crippen molar-refractivity contribution in [3.05, 3.63) is 29.8 Å². The van der Waals surface area contributed by atoms with Crippen LogP contribution in [0.15, 0.2) is 29.2 Å². The number of amides is 3. The molecular formula is C16H21N3O4S. The van der Waals surface area contributed by atoms with Crippen LogP contribution in [0.4, 0.5) is 4.79 Å². The van der Waals surface area contributed by atoms with Gasteiger partial charge in [-0.25, -0.2) is 17.9 Å². The molecule has 2 atom stereocenters. The van der Waals surface area contributed by atoms with Crippen molar-refractivity contribution in [2.75, 3.05) is 13.6 Å². The van der Waals surface area contributed by atoms with Crippen molar-refractivity contribution >= 4 is 22.0 Å². The molecule has 130 valence electrons. The summed E-state index contributed by atoms with van der Waals surface area (Å²) in [4.78, 5) is 28.3. The Bertz CT molecular complexity index is 753. The molecule has 2 fully saturated rings. The Kier molecular flexibility index (Phi) is 4.35. The van der Waals surface area contributed by atoms with Crippen LogP contribution in [0.2, 0.25) is 0 Å². The van der Waals surface area contributed by atoms with E-state index in [4.69, 9.17) is 0 Å². The Morgan fingerprint density at radius 1 is 1.25 bits per heavy atom. The molecule has 1 aromatic rings. The molecule has 24 heavy (non-hydrogen) atoms. The summed E-state index contributed by atoms with van der Waals surface area (Å²) in [5.41, 5.74) is 0.618. The van der Waals surface area contributed by atoms with Gasteiger partial charge in [0.15, 0.2) is 0 Å². The SMILES string of the molecule is CNS(=O)(=O)c1cccc([C@H](C)N2C(=O)[C@@H]3CCCCN3C2=O)c1. The van der Waals surface area contributed by atoms with E-state index >= 15 is 0 Å². The van der Waals surface area contributed by atoms with Crippen LogP contribution < -0.4 is 4.72 Å². The molecule has 0 spiro atoms. The molecule has 2 heterocycles. The summed E-state index contributed by atoms with van der Waals surface area (Å²) in [6.07, 6.45) is 2.55. The first-order chi connectivity index (χ1) is 11.4. The first-order valence-electron chi connectivity index (χ1n) is 8.04. The number of benzene rings is 1. The Hall–Kier alpha value is -1.93. The number of sulfonamides is 1. The lowest BCUT2D eigenvalue weighted by Gasteiger charge is -2.26. The van der Waals surface area contributed by atoms with Gasteiger partial charge in [-0.05, 0) is 50.9 Å². The van der Waals surface area contributed by atoms with Crippen LogP contribution >= 0.6 is 0 Å². The van der Waals surface area contributed by atoms with Crippen molar-refractivity contribution in [3.8, 4) is 0 Å². The number of hydrogen-bond acceptors (Lipinski definition) is 4. The van der Waals surface area contributed by atoms with Gasteiger partial charge in [-0.3, -0.25) is 9.69 Å². The second-order valence-corrected chi connectivity index (χ2v) is 8.04. The number of carbonyl (C=O) groups is 2. The smallest absolute Gasteiger partial charge is 0.312 e. The quantitative estimate of drug-likeness (QED) is 0.832. The molecule has 8 heteroatoms. The van der Waals surface area contributed by atoms with Gasteiger partial charge in [-0.15, -0.1) is 0 Å². The van der Waals surface area contributed by atoms with Gasteiger partial charge in [0.05, 0.1) is 10.9 Å². The molecular weight excluding hydrogens is 330 g/mol. The zero-order chi connectivity index (χ0) is 17.5. The third-order valence-corrected chi connectivity index (χ3v) is 6.20. The molecule has 3 rings (SSSR count). The lowest BCUT2D eigenvalue weighted by atomic mass is 10.0. The van der Waals surface area contributed by atoms with Gasteiger partial charge < -0.3 is 4.90 Å². The summed E-state index contributed by atoms with van der Waals surface area (Å²) >= 11 is 0. The van der Waals surface area contributed by atoms with Crippen LogP contribution in [-0.4, -0.2) is 49.8 Å². The molecule has 3 amide bonds. The van der Waals surface area contributed by atoms with E-state index in [-0.39, 0.29) is 22.9 Å². The van der Waals surface area contributed by atoms with Gasteiger partial charge in [0.25, 0.3) is 5.91 Å². The van der Waals surface area contributed by atoms with Crippen molar-refractivity contribution in [3.63, 3.8) is 0 Å². The second kappa shape index (κ2) is 6.18. The maximum Gasteiger partial charge on any atom is 0.328 e. The van der Waals surface area contributed by atoms with Crippen LogP contribution in [0, 0.1) is 0 Å². The second-order valence-electron chi connectivity index (χ2n) is 6.15. The Morgan fingerprint density at radius 2 is 2.00 bits per heavy atom. The minimum Gasteiger partial charge on any atom is -0.312 e. The topological polar surface area (TPSA) is 86.8 Å². The minimum atomic E-state index is -3.57. The van der Waals surface area contributed by atoms with E-state index in [1.807, 2.05) is 0 Å². The standard InChI is InChI=1S/C16H21N3O4S/c1-11(12-6-5-7-13(10-12)24(22,23)17-2)19-15(20)14-8-3-4-9-18(14)16(19)21/h5-7,10-11,14,17H,3-4,8-9H2,1-2H3/t11-,14-/m0/s1. The summed E-state index contributed by atoms with van der Waals surface area (Å²) in [6, 6.07) is 5.19. The number of nitrogens with one attached hydrogen (secondary N) is 1. The number of rotatable bonds is 4. The predicted octanol–water partition coefficient (Wildman–Crippen LogP) is 1.47. The number of imide groups is 1. The van der Waals surface area contributed by atoms with E-state index in [9.17, 15) is 18.0 Å². The normalized spacial score (nSPS) is 22.7. The largest absolute Gasteiger partial charge is 0.328 e. The van der Waals surface area contributed by atoms with Crippen molar-refractivity contribution < 1.29 is 18.0 Å². The highest BCUT2D eigenvalue weighted by Crippen LogP contribution is 2.33. The zero-order valence-electron chi connectivity index (χ0n) is 13.7. The molecule has 0 saturated carbocycles. The number of nitrogens with zero attached hydrogens (tertiary/aromatic N) is 2. The summed E-state index contributed by atoms with van der Waals surface area (Å²) in [6.45, 7) is 2.35. The fraction of sp³-hybridized carbons (Fsp3) is 0.500. The molecule has 2 aliphatic rings. The zero-order valence-corrected chi connectivity index (χ0v) is 14.5. The third kappa shape index (κ3) is 2.69. The summed E-state index contributed by atoms with van der Waals surface area (Å²) in [5, 5.41) is 0. The maximum absolute atomic E-state index is 12.6. The molecule has 0 aromatic heterocycles. The average Bonchev–Trinajstić information content (AvgIpc) is 2.86. The highest BCUT2D eigenvalue weighted by molar-refractivity contribution is 7.89. The lowest BCUT2D eigenvalue weighted by molar-refractivity contribution is -0.130. The van der Waals surface area contributed by atoms with E-state index < -0.39 is 16.1 Å². The number of carbonyl (C=O) groups excluding carboxylic acids is 2. The molecule has 0 unspecified atom stereocenters. The summed E-state index contributed by atoms with van der Waals surface area (Å²) < 4.78 is 26.2. The third-order valence-electron chi connectivity index (χ3n) is 4.78. The van der Waals surface area contributed by atoms with Crippen molar-refractivity contribution in [2.24, 2.45) is 0 Å². The van der Waals surface area contributed by atoms with Crippen LogP contribution in [0.1, 0.15) is 37.8 Å². The summed E-state index contributed by atoms with van der Waals surface area (Å²) in [7, 11) is -2.23. The lowest BCUT2D eigenvalue weighted by Crippen LogP contribution is -2.39. The van der Waals surface area contributed by atoms with E-state index in [2.05, 4.69) is 4.72 Å². The first-order valence-corrected chi connectivity index (χ1v) is 9.52. The van der Waals surface area contributed by atoms with Crippen molar-refractivity contribution in [2.45, 2.75) is 43.2 Å². The Labute approximate surface area is 141 Å². The van der Waals surface area contributed by atoms with E-state index in [1.54, 1.807) is 24.0 Å². The number of hydrogen-bond donors (Lipinski definition) is 1. The van der Waals surface area contributed by atoms with Gasteiger partial charge in [0, 0.05) is 6.54 Å². The van der Waals surface area contributed by atoms with Crippen molar-refractivity contribution in [1.29, 1.82) is 0 Å². The predicted molar refractivity (Wildman–Crippen MR) is 87.7 cm³/mol. The van der Waals surface area contributed by atoms with Crippen LogP contribution in [0.3, 0.4) is 0 Å². The summed E-state index contributed by atoms with van der Waals surface area (Å²) in [5.74, 6) is -0.186. The fourth-order valence-electron chi connectivity index (χ4n) is 3.38. The molecule has 7 nitrogen and oxygen atoms in total. The van der Waals surface area contributed by atoms with Crippen molar-refractivity contribution in [1.82, 2.24) is 14.5 Å². The molecule has 0 bridgehead atoms. The van der Waals surface area contributed by atoms with Crippen LogP contribution in [-0.2, 0) is 14.8 Å². The molecule has 2 aliphatic heterocycles. The van der Waals surface area contributed by atoms with E-state index in [0.29, 0.717) is 18.5 Å². The van der Waals surface area contributed by atoms with Crippen LogP contribution in [0.25, 0.3) is 0 Å². The monoisotopic (exact) mass is 351 g/mol. The highest BCUT2D eigenvalue weighted by Gasteiger charge is 2.47. The number of urea groups is 1. The van der Waals surface area contributed by atoms with E-state index in [1.165, 1.54) is 24.1 Å². The number of fused-ring (bicyclic) bond motifs is 1. The molecule has 0 radical (unpaired) electrons. The molecule has 2 saturated heterocycles. The maximum atomic E-state index is 12.6. The van der Waals surface area contributed by atoms with Gasteiger partial charge in [0.1, 0.15) is 6.04 Å². The Morgan fingerprint density at radius 3 is 2.67 bits per heavy atom. The Balaban J connectivity index is 1.92. The molecule has 1 aromatic carbocycles. The van der Waals surface area contributed by atoms with Gasteiger partial charge in [0.2, 0.25) is 10.0 Å². The highest BCUT2D eigenvalue weighted by atomic mass is 32.2. The van der Waals surface area contributed by atoms with Gasteiger partial charge in [-0.1, -0.05) is 12.1 Å². The first kappa shape index (κ1) is 16.9. The van der Waals surface area contributed by atoms with Crippen LogP contribution in [0.5, 0.6) is 0 Å². The van der Waals surface area contributed by atoms with E-state index in [0.717, 1.165) is 12.8 Å². The number of piperidine rings is 1. The molecule has 1 N–H and O–H groups in total. The molecule has 0 aliphatic carbocycles. The minimum absolute atomic E-state index is 0.117. The average molecular weight is 351 g/mol. The van der Waals surface area contributed by atoms with Gasteiger partial charge in [-0.2, -0.15) is 0 Å². The fourth-order valence-corrected chi connectivity index (χ4v) is 4.16. The van der Waals surface area contributed by atoms with Gasteiger partial charge >= 0.3 is 6.03 Å².